The fraction of sp³-hybridized carbons (Fsp3) is 0.545. The molecule has 0 aliphatic carbocycles. The van der Waals surface area contributed by atoms with E-state index in [2.05, 4.69) is 4.98 Å². The molecule has 1 aromatic heterocycles. The van der Waals surface area contributed by atoms with Gasteiger partial charge < -0.3 is 9.84 Å². The summed E-state index contributed by atoms with van der Waals surface area (Å²) in [6.45, 7) is 2.67. The molecule has 1 aliphatic rings. The van der Waals surface area contributed by atoms with Gasteiger partial charge in [0.15, 0.2) is 0 Å². The lowest BCUT2D eigenvalue weighted by atomic mass is 10.2. The molecule has 0 radical (unpaired) electrons. The molecule has 1 aliphatic heterocycles. The zero-order valence-electron chi connectivity index (χ0n) is 9.42. The van der Waals surface area contributed by atoms with E-state index in [1.807, 2.05) is 6.92 Å². The van der Waals surface area contributed by atoms with Gasteiger partial charge in [0.1, 0.15) is 5.69 Å². The number of hydrogen-bond donors (Lipinski definition) is 1. The van der Waals surface area contributed by atoms with Gasteiger partial charge in [-0.15, -0.1) is 0 Å². The Labute approximate surface area is 97.2 Å². The van der Waals surface area contributed by atoms with E-state index in [1.54, 1.807) is 0 Å². The van der Waals surface area contributed by atoms with Crippen LogP contribution in [0.15, 0.2) is 12.1 Å². The minimum atomic E-state index is -4.39. The fourth-order valence-electron chi connectivity index (χ4n) is 1.20. The van der Waals surface area contributed by atoms with Gasteiger partial charge in [-0.3, -0.25) is 0 Å². The summed E-state index contributed by atoms with van der Waals surface area (Å²) < 4.78 is 41.3. The van der Waals surface area contributed by atoms with Crippen molar-refractivity contribution in [3.63, 3.8) is 0 Å². The van der Waals surface area contributed by atoms with Crippen molar-refractivity contribution in [3.8, 4) is 5.88 Å². The van der Waals surface area contributed by atoms with E-state index >= 15 is 0 Å². The van der Waals surface area contributed by atoms with Crippen LogP contribution in [0.25, 0.3) is 0 Å². The number of aromatic nitrogens is 1. The van der Waals surface area contributed by atoms with Gasteiger partial charge >= 0.3 is 6.18 Å². The van der Waals surface area contributed by atoms with Crippen LogP contribution in [-0.4, -0.2) is 23.3 Å². The first-order valence-electron chi connectivity index (χ1n) is 5.29. The number of aliphatic hydroxyl groups is 1. The molecule has 0 amide bonds. The van der Waals surface area contributed by atoms with E-state index in [9.17, 15) is 13.2 Å². The number of hydrogen-bond acceptors (Lipinski definition) is 3. The van der Waals surface area contributed by atoms with Gasteiger partial charge in [0.05, 0.1) is 6.61 Å². The van der Waals surface area contributed by atoms with Gasteiger partial charge in [-0.05, 0) is 12.5 Å². The topological polar surface area (TPSA) is 42.4 Å². The third-order valence-corrected chi connectivity index (χ3v) is 2.06. The van der Waals surface area contributed by atoms with Crippen LogP contribution in [0.2, 0.25) is 0 Å². The number of fused-ring (bicyclic) bond motifs is 1. The number of nitrogens with zero attached hydrogens (tertiary/aromatic N) is 1. The molecule has 0 saturated heterocycles. The molecule has 0 saturated carbocycles. The summed E-state index contributed by atoms with van der Waals surface area (Å²) in [5.41, 5.74) is -0.152. The van der Waals surface area contributed by atoms with E-state index in [-0.39, 0.29) is 5.88 Å². The molecule has 0 aromatic carbocycles. The third-order valence-electron chi connectivity index (χ3n) is 2.06. The highest BCUT2D eigenvalue weighted by molar-refractivity contribution is 5.32. The summed E-state index contributed by atoms with van der Waals surface area (Å²) in [5.74, 6) is 0.120. The Balaban J connectivity index is 0.000000317. The summed E-state index contributed by atoms with van der Waals surface area (Å²) in [4.78, 5) is 3.38. The zero-order valence-corrected chi connectivity index (χ0v) is 9.42. The molecule has 96 valence electrons. The molecule has 17 heavy (non-hydrogen) atoms. The van der Waals surface area contributed by atoms with Crippen molar-refractivity contribution in [2.75, 3.05) is 13.2 Å². The molecular formula is C11H14F3NO2. The molecule has 0 bridgehead atoms. The molecule has 0 fully saturated rings. The van der Waals surface area contributed by atoms with Gasteiger partial charge in [0, 0.05) is 18.6 Å². The number of ether oxygens (including phenoxy) is 1. The number of pyridine rings is 1. The second-order valence-electron chi connectivity index (χ2n) is 3.48. The third kappa shape index (κ3) is 3.89. The summed E-state index contributed by atoms with van der Waals surface area (Å²) in [6, 6.07) is 2.39. The fourth-order valence-corrected chi connectivity index (χ4v) is 1.20. The highest BCUT2D eigenvalue weighted by Crippen LogP contribution is 2.31. The second-order valence-corrected chi connectivity index (χ2v) is 3.48. The van der Waals surface area contributed by atoms with Crippen molar-refractivity contribution < 1.29 is 23.0 Å². The molecule has 0 unspecified atom stereocenters. The van der Waals surface area contributed by atoms with Crippen LogP contribution in [0.5, 0.6) is 5.88 Å². The van der Waals surface area contributed by atoms with Crippen LogP contribution in [0.4, 0.5) is 13.2 Å². The zero-order chi connectivity index (χ0) is 12.9. The highest BCUT2D eigenvalue weighted by atomic mass is 19.4. The summed E-state index contributed by atoms with van der Waals surface area (Å²) in [5, 5.41) is 7.88. The molecule has 2 heterocycles. The normalized spacial score (nSPS) is 13.5. The number of halogens is 3. The first-order chi connectivity index (χ1) is 7.99. The predicted molar refractivity (Wildman–Crippen MR) is 55.8 cm³/mol. The Morgan fingerprint density at radius 3 is 2.59 bits per heavy atom. The lowest BCUT2D eigenvalue weighted by molar-refractivity contribution is -0.141. The van der Waals surface area contributed by atoms with Crippen LogP contribution in [0, 0.1) is 0 Å². The van der Waals surface area contributed by atoms with Crippen molar-refractivity contribution in [2.45, 2.75) is 25.9 Å². The Kier molecular flexibility index (Phi) is 4.74. The average molecular weight is 249 g/mol. The maximum absolute atomic E-state index is 12.1. The molecular weight excluding hydrogens is 235 g/mol. The molecule has 3 nitrogen and oxygen atoms in total. The number of alkyl halides is 3. The summed E-state index contributed by atoms with van der Waals surface area (Å²) in [7, 11) is 0. The van der Waals surface area contributed by atoms with E-state index in [4.69, 9.17) is 9.84 Å². The molecule has 0 atom stereocenters. The van der Waals surface area contributed by atoms with Crippen molar-refractivity contribution >= 4 is 0 Å². The molecule has 6 heteroatoms. The Morgan fingerprint density at radius 2 is 2.06 bits per heavy atom. The van der Waals surface area contributed by atoms with Crippen LogP contribution in [0.1, 0.15) is 24.6 Å². The maximum atomic E-state index is 12.1. The van der Waals surface area contributed by atoms with Gasteiger partial charge in [-0.1, -0.05) is 13.0 Å². The first-order valence-corrected chi connectivity index (χ1v) is 5.29. The average Bonchev–Trinajstić information content (AvgIpc) is 2.75. The van der Waals surface area contributed by atoms with Crippen molar-refractivity contribution in [1.29, 1.82) is 0 Å². The standard InChI is InChI=1S/C8H6F3NO.C3H8O/c9-8(10,11)6-2-1-5-3-4-13-7(5)12-6;1-2-3-4/h1-2H,3-4H2;4H,2-3H2,1H3. The number of rotatable bonds is 1. The number of aliphatic hydroxyl groups excluding tert-OH is 1. The Hall–Kier alpha value is -1.30. The van der Waals surface area contributed by atoms with Gasteiger partial charge in [-0.2, -0.15) is 13.2 Å². The molecule has 1 aromatic rings. The predicted octanol–water partition coefficient (Wildman–Crippen LogP) is 2.42. The minimum absolute atomic E-state index is 0.120. The van der Waals surface area contributed by atoms with E-state index in [1.165, 1.54) is 6.07 Å². The van der Waals surface area contributed by atoms with Crippen LogP contribution in [-0.2, 0) is 12.6 Å². The lowest BCUT2D eigenvalue weighted by Crippen LogP contribution is -2.08. The van der Waals surface area contributed by atoms with Crippen LogP contribution < -0.4 is 4.74 Å². The Bertz CT molecular complexity index is 364. The highest BCUT2D eigenvalue weighted by Gasteiger charge is 2.33. The van der Waals surface area contributed by atoms with Gasteiger partial charge in [-0.25, -0.2) is 4.98 Å². The molecule has 0 spiro atoms. The van der Waals surface area contributed by atoms with Crippen molar-refractivity contribution in [3.05, 3.63) is 23.4 Å². The van der Waals surface area contributed by atoms with Crippen molar-refractivity contribution in [2.24, 2.45) is 0 Å². The first kappa shape index (κ1) is 13.8. The van der Waals surface area contributed by atoms with Gasteiger partial charge in [0.2, 0.25) is 5.88 Å². The summed E-state index contributed by atoms with van der Waals surface area (Å²) >= 11 is 0. The smallest absolute Gasteiger partial charge is 0.433 e. The van der Waals surface area contributed by atoms with Crippen LogP contribution in [0.3, 0.4) is 0 Å². The lowest BCUT2D eigenvalue weighted by Gasteiger charge is -2.06. The maximum Gasteiger partial charge on any atom is 0.433 e. The molecule has 1 N–H and O–H groups in total. The largest absolute Gasteiger partial charge is 0.477 e. The van der Waals surface area contributed by atoms with E-state index in [0.29, 0.717) is 19.6 Å². The van der Waals surface area contributed by atoms with E-state index < -0.39 is 11.9 Å². The van der Waals surface area contributed by atoms with Crippen molar-refractivity contribution in [1.82, 2.24) is 4.98 Å². The van der Waals surface area contributed by atoms with E-state index in [0.717, 1.165) is 18.1 Å². The molecule has 2 rings (SSSR count). The minimum Gasteiger partial charge on any atom is -0.477 e. The quantitative estimate of drug-likeness (QED) is 0.831. The van der Waals surface area contributed by atoms with Gasteiger partial charge in [0.25, 0.3) is 0 Å². The Morgan fingerprint density at radius 1 is 1.41 bits per heavy atom. The van der Waals surface area contributed by atoms with Crippen LogP contribution >= 0.6 is 0 Å². The SMILES string of the molecule is CCCO.FC(F)(F)c1ccc2c(n1)OCC2. The monoisotopic (exact) mass is 249 g/mol. The summed E-state index contributed by atoms with van der Waals surface area (Å²) in [6.07, 6.45) is -2.87. The second kappa shape index (κ2) is 5.86.